The summed E-state index contributed by atoms with van der Waals surface area (Å²) in [5.41, 5.74) is 0.531. The van der Waals surface area contributed by atoms with E-state index in [1.54, 1.807) is 24.3 Å². The van der Waals surface area contributed by atoms with Crippen molar-refractivity contribution in [3.8, 4) is 5.75 Å². The maximum Gasteiger partial charge on any atom is 0.222 e. The summed E-state index contributed by atoms with van der Waals surface area (Å²) < 4.78 is 49.7. The quantitative estimate of drug-likeness (QED) is 0.795. The minimum Gasteiger partial charge on any atom is -0.475 e. The Morgan fingerprint density at radius 3 is 2.42 bits per heavy atom. The molecule has 2 aromatic rings. The fourth-order valence-corrected chi connectivity index (χ4v) is 2.85. The van der Waals surface area contributed by atoms with E-state index in [2.05, 4.69) is 10.9 Å². The van der Waals surface area contributed by atoms with Gasteiger partial charge >= 0.3 is 0 Å². The Labute approximate surface area is 139 Å². The fraction of sp³-hybridized carbons (Fsp3) is 0.176. The number of benzene rings is 2. The number of hydrogen-bond donors (Lipinski definition) is 0. The van der Waals surface area contributed by atoms with Crippen molar-refractivity contribution in [2.75, 3.05) is 12.9 Å². The van der Waals surface area contributed by atoms with Crippen LogP contribution in [0.1, 0.15) is 17.2 Å². The molecule has 1 aliphatic rings. The summed E-state index contributed by atoms with van der Waals surface area (Å²) in [5, 5.41) is 0. The van der Waals surface area contributed by atoms with Crippen LogP contribution in [0.2, 0.25) is 0 Å². The Hall–Kier alpha value is -2.41. The Bertz CT molecular complexity index is 872. The van der Waals surface area contributed by atoms with Crippen molar-refractivity contribution in [1.82, 2.24) is 0 Å². The maximum atomic E-state index is 13.8. The minimum absolute atomic E-state index is 0.0507. The van der Waals surface area contributed by atoms with Crippen molar-refractivity contribution in [3.63, 3.8) is 0 Å². The van der Waals surface area contributed by atoms with Crippen molar-refractivity contribution < 1.29 is 21.9 Å². The average Bonchev–Trinajstić information content (AvgIpc) is 2.96. The number of rotatable bonds is 4. The molecule has 0 fully saturated rings. The molecule has 0 saturated heterocycles. The summed E-state index contributed by atoms with van der Waals surface area (Å²) in [6.45, 7) is 0.184. The summed E-state index contributed by atoms with van der Waals surface area (Å²) in [7, 11) is -2.60. The molecule has 0 aromatic heterocycles. The molecule has 0 amide bonds. The lowest BCUT2D eigenvalue weighted by atomic mass is 10.1. The Balaban J connectivity index is 1.83. The highest BCUT2D eigenvalue weighted by Crippen LogP contribution is 2.28. The molecule has 0 saturated carbocycles. The predicted octanol–water partition coefficient (Wildman–Crippen LogP) is 3.12. The van der Waals surface area contributed by atoms with E-state index < -0.39 is 21.4 Å². The number of aliphatic imine (C=N–C) groups is 1. The molecule has 1 heterocycles. The molecule has 2 unspecified atom stereocenters. The first-order valence-electron chi connectivity index (χ1n) is 7.10. The van der Waals surface area contributed by atoms with E-state index in [0.717, 1.165) is 17.7 Å². The highest BCUT2D eigenvalue weighted by atomic mass is 32.2. The minimum atomic E-state index is -2.60. The molecule has 0 bridgehead atoms. The highest BCUT2D eigenvalue weighted by Gasteiger charge is 2.26. The maximum absolute atomic E-state index is 13.8. The molecule has 0 aliphatic carbocycles. The zero-order chi connectivity index (χ0) is 17.3. The van der Waals surface area contributed by atoms with Gasteiger partial charge in [-0.2, -0.15) is 0 Å². The highest BCUT2D eigenvalue weighted by molar-refractivity contribution is 7.95. The van der Waals surface area contributed by atoms with Crippen LogP contribution in [0.3, 0.4) is 0 Å². The van der Waals surface area contributed by atoms with Crippen molar-refractivity contribution in [1.29, 1.82) is 0 Å². The van der Waals surface area contributed by atoms with Crippen LogP contribution in [0.5, 0.6) is 5.75 Å². The van der Waals surface area contributed by atoms with Crippen LogP contribution in [-0.2, 0) is 14.5 Å². The molecule has 0 spiro atoms. The van der Waals surface area contributed by atoms with Gasteiger partial charge in [0, 0.05) is 6.26 Å². The first kappa shape index (κ1) is 16.4. The average molecular weight is 351 g/mol. The first-order valence-corrected chi connectivity index (χ1v) is 9.16. The Morgan fingerprint density at radius 2 is 1.83 bits per heavy atom. The van der Waals surface area contributed by atoms with Crippen LogP contribution in [-0.4, -0.2) is 28.8 Å². The number of nitrogens with zero attached hydrogens (tertiary/aromatic N) is 1. The van der Waals surface area contributed by atoms with Crippen LogP contribution >= 0.6 is 0 Å². The first-order chi connectivity index (χ1) is 11.3. The smallest absolute Gasteiger partial charge is 0.222 e. The summed E-state index contributed by atoms with van der Waals surface area (Å²) in [6, 6.07) is 9.97. The zero-order valence-corrected chi connectivity index (χ0v) is 13.7. The number of ether oxygens (including phenoxy) is 1. The molecular weight excluding hydrogens is 336 g/mol. The molecule has 3 rings (SSSR count). The molecule has 24 heavy (non-hydrogen) atoms. The van der Waals surface area contributed by atoms with Crippen LogP contribution in [0.25, 0.3) is 0 Å². The molecule has 0 radical (unpaired) electrons. The standard InChI is InChI=1S/C17H15F2NO3S/c1-24(2,21)23-12-8-6-11(7-9-12)15-10-22-17(20-15)16-13(18)4-3-5-14(16)19/h3-9,15H,1,10H2,2H3. The zero-order valence-electron chi connectivity index (χ0n) is 12.9. The molecule has 1 aliphatic heterocycles. The van der Waals surface area contributed by atoms with Crippen molar-refractivity contribution in [2.24, 2.45) is 4.99 Å². The van der Waals surface area contributed by atoms with Gasteiger partial charge in [0.05, 0.1) is 0 Å². The normalized spacial score (nSPS) is 19.3. The van der Waals surface area contributed by atoms with Gasteiger partial charge in [0.1, 0.15) is 45.4 Å². The van der Waals surface area contributed by atoms with E-state index in [1.807, 2.05) is 0 Å². The van der Waals surface area contributed by atoms with E-state index in [0.29, 0.717) is 5.75 Å². The monoisotopic (exact) mass is 351 g/mol. The summed E-state index contributed by atoms with van der Waals surface area (Å²) >= 11 is 0. The van der Waals surface area contributed by atoms with Gasteiger partial charge in [-0.15, -0.1) is 0 Å². The van der Waals surface area contributed by atoms with E-state index in [-0.39, 0.29) is 24.1 Å². The van der Waals surface area contributed by atoms with Gasteiger partial charge in [-0.1, -0.05) is 18.2 Å². The van der Waals surface area contributed by atoms with Gasteiger partial charge < -0.3 is 8.92 Å². The molecule has 2 atom stereocenters. The van der Waals surface area contributed by atoms with Gasteiger partial charge in [-0.3, -0.25) is 0 Å². The largest absolute Gasteiger partial charge is 0.475 e. The summed E-state index contributed by atoms with van der Waals surface area (Å²) in [4.78, 5) is 4.26. The third kappa shape index (κ3) is 3.56. The van der Waals surface area contributed by atoms with Gasteiger partial charge in [0.2, 0.25) is 5.90 Å². The van der Waals surface area contributed by atoms with E-state index in [9.17, 15) is 13.0 Å². The SMILES string of the molecule is C=S(C)(=O)Oc1ccc(C2COC(c3c(F)cccc3F)=N2)cc1. The van der Waals surface area contributed by atoms with E-state index >= 15 is 0 Å². The van der Waals surface area contributed by atoms with Crippen LogP contribution in [0.15, 0.2) is 47.5 Å². The third-order valence-electron chi connectivity index (χ3n) is 3.37. The third-order valence-corrected chi connectivity index (χ3v) is 3.91. The fourth-order valence-electron chi connectivity index (χ4n) is 2.33. The van der Waals surface area contributed by atoms with Gasteiger partial charge in [-0.25, -0.2) is 18.0 Å². The molecule has 4 nitrogen and oxygen atoms in total. The van der Waals surface area contributed by atoms with Gasteiger partial charge in [0.25, 0.3) is 0 Å². The van der Waals surface area contributed by atoms with Gasteiger partial charge in [0.15, 0.2) is 0 Å². The molecular formula is C17H15F2NO3S. The Morgan fingerprint density at radius 1 is 1.21 bits per heavy atom. The predicted molar refractivity (Wildman–Crippen MR) is 89.8 cm³/mol. The molecule has 7 heteroatoms. The lowest BCUT2D eigenvalue weighted by Gasteiger charge is -2.09. The molecule has 126 valence electrons. The van der Waals surface area contributed by atoms with E-state index in [4.69, 9.17) is 8.92 Å². The summed E-state index contributed by atoms with van der Waals surface area (Å²) in [6.07, 6.45) is 1.39. The Kier molecular flexibility index (Phi) is 4.28. The van der Waals surface area contributed by atoms with Crippen LogP contribution in [0, 0.1) is 11.6 Å². The number of hydrogen-bond acceptors (Lipinski definition) is 4. The second kappa shape index (κ2) is 6.24. The van der Waals surface area contributed by atoms with Crippen molar-refractivity contribution in [3.05, 3.63) is 65.2 Å². The van der Waals surface area contributed by atoms with Crippen LogP contribution in [0.4, 0.5) is 8.78 Å². The molecule has 0 N–H and O–H groups in total. The van der Waals surface area contributed by atoms with Gasteiger partial charge in [-0.05, 0) is 35.7 Å². The lowest BCUT2D eigenvalue weighted by molar-refractivity contribution is 0.317. The summed E-state index contributed by atoms with van der Waals surface area (Å²) in [5.74, 6) is 2.36. The van der Waals surface area contributed by atoms with E-state index in [1.165, 1.54) is 12.3 Å². The lowest BCUT2D eigenvalue weighted by Crippen LogP contribution is -2.07. The molecule has 2 aromatic carbocycles. The second-order valence-corrected chi connectivity index (χ2v) is 7.45. The van der Waals surface area contributed by atoms with Crippen molar-refractivity contribution >= 4 is 21.6 Å². The van der Waals surface area contributed by atoms with Crippen LogP contribution < -0.4 is 4.18 Å². The van der Waals surface area contributed by atoms with Crippen molar-refractivity contribution in [2.45, 2.75) is 6.04 Å². The second-order valence-electron chi connectivity index (χ2n) is 5.44. The number of halogens is 2. The topological polar surface area (TPSA) is 47.9 Å².